The summed E-state index contributed by atoms with van der Waals surface area (Å²) in [5.74, 6) is 3.13. The summed E-state index contributed by atoms with van der Waals surface area (Å²) < 4.78 is 0. The molecule has 0 N–H and O–H groups in total. The van der Waals surface area contributed by atoms with Crippen molar-refractivity contribution in [1.82, 2.24) is 9.97 Å². The maximum absolute atomic E-state index is 8.62. The Labute approximate surface area is 93.4 Å². The molecule has 0 fully saturated rings. The van der Waals surface area contributed by atoms with E-state index in [4.69, 9.17) is 11.7 Å². The average molecular weight is 205 g/mol. The minimum absolute atomic E-state index is 0.448. The standard InChI is InChI=1S/C13H7N3/c1-2-10-3-5-12(6-4-10)13-15-8-11(7-14)9-16-13/h1,3-6,8-9H. The second-order valence-corrected chi connectivity index (χ2v) is 3.13. The summed E-state index contributed by atoms with van der Waals surface area (Å²) in [5.41, 5.74) is 2.14. The lowest BCUT2D eigenvalue weighted by Gasteiger charge is -1.99. The van der Waals surface area contributed by atoms with Crippen molar-refractivity contribution in [2.75, 3.05) is 0 Å². The number of hydrogen-bond acceptors (Lipinski definition) is 3. The first-order valence-electron chi connectivity index (χ1n) is 4.62. The maximum Gasteiger partial charge on any atom is 0.159 e. The van der Waals surface area contributed by atoms with Gasteiger partial charge in [-0.25, -0.2) is 9.97 Å². The van der Waals surface area contributed by atoms with E-state index in [2.05, 4.69) is 15.9 Å². The molecule has 0 saturated heterocycles. The first kappa shape index (κ1) is 9.89. The summed E-state index contributed by atoms with van der Waals surface area (Å²) in [6, 6.07) is 9.35. The van der Waals surface area contributed by atoms with Gasteiger partial charge >= 0.3 is 0 Å². The van der Waals surface area contributed by atoms with E-state index in [-0.39, 0.29) is 0 Å². The van der Waals surface area contributed by atoms with Crippen LogP contribution < -0.4 is 0 Å². The average Bonchev–Trinajstić information content (AvgIpc) is 2.39. The lowest BCUT2D eigenvalue weighted by Crippen LogP contribution is -1.89. The van der Waals surface area contributed by atoms with Crippen molar-refractivity contribution in [3.63, 3.8) is 0 Å². The Balaban J connectivity index is 2.36. The maximum atomic E-state index is 8.62. The molecule has 74 valence electrons. The normalized spacial score (nSPS) is 9.12. The van der Waals surface area contributed by atoms with Gasteiger partial charge in [-0.3, -0.25) is 0 Å². The molecule has 0 aliphatic heterocycles. The van der Waals surface area contributed by atoms with Crippen LogP contribution in [-0.4, -0.2) is 9.97 Å². The predicted molar refractivity (Wildman–Crippen MR) is 60.1 cm³/mol. The highest BCUT2D eigenvalue weighted by atomic mass is 14.9. The summed E-state index contributed by atoms with van der Waals surface area (Å²) in [7, 11) is 0. The molecule has 1 heterocycles. The topological polar surface area (TPSA) is 49.6 Å². The third kappa shape index (κ3) is 1.89. The second kappa shape index (κ2) is 4.25. The van der Waals surface area contributed by atoms with E-state index in [1.807, 2.05) is 30.3 Å². The second-order valence-electron chi connectivity index (χ2n) is 3.13. The molecule has 0 radical (unpaired) electrons. The van der Waals surface area contributed by atoms with E-state index < -0.39 is 0 Å². The number of aromatic nitrogens is 2. The van der Waals surface area contributed by atoms with Gasteiger partial charge in [0.15, 0.2) is 5.82 Å². The molecule has 3 nitrogen and oxygen atoms in total. The van der Waals surface area contributed by atoms with Crippen LogP contribution in [0.4, 0.5) is 0 Å². The highest BCUT2D eigenvalue weighted by molar-refractivity contribution is 5.56. The quantitative estimate of drug-likeness (QED) is 0.669. The Morgan fingerprint density at radius 1 is 1.00 bits per heavy atom. The van der Waals surface area contributed by atoms with Crippen LogP contribution in [0, 0.1) is 23.7 Å². The summed E-state index contributed by atoms with van der Waals surface area (Å²) >= 11 is 0. The third-order valence-corrected chi connectivity index (χ3v) is 2.09. The molecule has 2 aromatic rings. The molecule has 1 aromatic heterocycles. The van der Waals surface area contributed by atoms with Gasteiger partial charge in [0, 0.05) is 23.5 Å². The summed E-state index contributed by atoms with van der Waals surface area (Å²) in [6.07, 6.45) is 8.25. The van der Waals surface area contributed by atoms with Crippen molar-refractivity contribution in [3.8, 4) is 29.8 Å². The van der Waals surface area contributed by atoms with Crippen LogP contribution >= 0.6 is 0 Å². The minimum Gasteiger partial charge on any atom is -0.235 e. The lowest BCUT2D eigenvalue weighted by molar-refractivity contribution is 1.16. The van der Waals surface area contributed by atoms with Gasteiger partial charge in [0.05, 0.1) is 5.56 Å². The Hall–Kier alpha value is -2.65. The van der Waals surface area contributed by atoms with Gasteiger partial charge in [0.1, 0.15) is 6.07 Å². The van der Waals surface area contributed by atoms with E-state index in [9.17, 15) is 0 Å². The Kier molecular flexibility index (Phi) is 2.63. The highest BCUT2D eigenvalue weighted by Crippen LogP contribution is 2.14. The molecule has 16 heavy (non-hydrogen) atoms. The smallest absolute Gasteiger partial charge is 0.159 e. The van der Waals surface area contributed by atoms with Crippen molar-refractivity contribution in [1.29, 1.82) is 5.26 Å². The van der Waals surface area contributed by atoms with Gasteiger partial charge in [-0.15, -0.1) is 6.42 Å². The molecule has 2 rings (SSSR count). The zero-order valence-electron chi connectivity index (χ0n) is 8.38. The number of terminal acetylenes is 1. The number of hydrogen-bond donors (Lipinski definition) is 0. The lowest BCUT2D eigenvalue weighted by atomic mass is 10.1. The molecule has 0 bridgehead atoms. The minimum atomic E-state index is 0.448. The summed E-state index contributed by atoms with van der Waals surface area (Å²) in [6.45, 7) is 0. The van der Waals surface area contributed by atoms with E-state index in [0.29, 0.717) is 11.4 Å². The molecule has 3 heteroatoms. The molecule has 0 aliphatic rings. The Morgan fingerprint density at radius 2 is 1.62 bits per heavy atom. The van der Waals surface area contributed by atoms with Gasteiger partial charge in [-0.1, -0.05) is 5.92 Å². The number of nitriles is 1. The van der Waals surface area contributed by atoms with Crippen molar-refractivity contribution < 1.29 is 0 Å². The molecular weight excluding hydrogens is 198 g/mol. The van der Waals surface area contributed by atoms with E-state index in [1.165, 1.54) is 12.4 Å². The van der Waals surface area contributed by atoms with E-state index >= 15 is 0 Å². The Morgan fingerprint density at radius 3 is 2.12 bits per heavy atom. The fourth-order valence-electron chi connectivity index (χ4n) is 1.25. The van der Waals surface area contributed by atoms with Crippen molar-refractivity contribution in [3.05, 3.63) is 47.8 Å². The predicted octanol–water partition coefficient (Wildman–Crippen LogP) is 2.00. The molecule has 1 aromatic carbocycles. The molecule has 0 saturated carbocycles. The van der Waals surface area contributed by atoms with Crippen LogP contribution in [-0.2, 0) is 0 Å². The zero-order valence-corrected chi connectivity index (χ0v) is 8.38. The van der Waals surface area contributed by atoms with E-state index in [0.717, 1.165) is 11.1 Å². The third-order valence-electron chi connectivity index (χ3n) is 2.09. The zero-order chi connectivity index (χ0) is 11.4. The van der Waals surface area contributed by atoms with Crippen LogP contribution in [0.3, 0.4) is 0 Å². The molecule has 0 aliphatic carbocycles. The molecule has 0 spiro atoms. The fourth-order valence-corrected chi connectivity index (χ4v) is 1.25. The molecular formula is C13H7N3. The molecule has 0 atom stereocenters. The Bertz CT molecular complexity index is 513. The molecule has 0 unspecified atom stereocenters. The number of rotatable bonds is 1. The first-order chi connectivity index (χ1) is 7.83. The van der Waals surface area contributed by atoms with Crippen LogP contribution in [0.15, 0.2) is 36.7 Å². The van der Waals surface area contributed by atoms with Crippen LogP contribution in [0.5, 0.6) is 0 Å². The number of nitrogens with zero attached hydrogens (tertiary/aromatic N) is 3. The van der Waals surface area contributed by atoms with Crippen LogP contribution in [0.2, 0.25) is 0 Å². The van der Waals surface area contributed by atoms with Gasteiger partial charge in [-0.2, -0.15) is 5.26 Å². The van der Waals surface area contributed by atoms with Crippen molar-refractivity contribution >= 4 is 0 Å². The number of benzene rings is 1. The first-order valence-corrected chi connectivity index (χ1v) is 4.62. The highest BCUT2D eigenvalue weighted by Gasteiger charge is 2.00. The largest absolute Gasteiger partial charge is 0.235 e. The summed E-state index contributed by atoms with van der Waals surface area (Å²) in [4.78, 5) is 8.18. The fraction of sp³-hybridized carbons (Fsp3) is 0. The van der Waals surface area contributed by atoms with Crippen molar-refractivity contribution in [2.24, 2.45) is 0 Å². The van der Waals surface area contributed by atoms with Crippen molar-refractivity contribution in [2.45, 2.75) is 0 Å². The van der Waals surface area contributed by atoms with Gasteiger partial charge in [0.25, 0.3) is 0 Å². The SMILES string of the molecule is C#Cc1ccc(-c2ncc(C#N)cn2)cc1. The van der Waals surface area contributed by atoms with Crippen LogP contribution in [0.1, 0.15) is 11.1 Å². The van der Waals surface area contributed by atoms with E-state index in [1.54, 1.807) is 0 Å². The van der Waals surface area contributed by atoms with Gasteiger partial charge < -0.3 is 0 Å². The monoisotopic (exact) mass is 205 g/mol. The summed E-state index contributed by atoms with van der Waals surface area (Å²) in [5, 5.41) is 8.62. The van der Waals surface area contributed by atoms with Gasteiger partial charge in [0.2, 0.25) is 0 Å². The van der Waals surface area contributed by atoms with Crippen LogP contribution in [0.25, 0.3) is 11.4 Å². The molecule has 0 amide bonds. The van der Waals surface area contributed by atoms with Gasteiger partial charge in [-0.05, 0) is 24.3 Å².